The average Bonchev–Trinajstić information content (AvgIpc) is 2.72. The lowest BCUT2D eigenvalue weighted by Crippen LogP contribution is -2.47. The van der Waals surface area contributed by atoms with E-state index in [1.54, 1.807) is 13.2 Å². The third-order valence-electron chi connectivity index (χ3n) is 4.71. The smallest absolute Gasteiger partial charge is 0.252 e. The molecule has 2 aromatic carbocycles. The number of rotatable bonds is 10. The maximum Gasteiger partial charge on any atom is 0.252 e. The van der Waals surface area contributed by atoms with Gasteiger partial charge in [-0.05, 0) is 55.5 Å². The zero-order valence-electron chi connectivity index (χ0n) is 18.5. The van der Waals surface area contributed by atoms with Gasteiger partial charge in [0.15, 0.2) is 11.5 Å². The Bertz CT molecular complexity index is 864. The molecule has 2 rings (SSSR count). The highest BCUT2D eigenvalue weighted by Crippen LogP contribution is 2.28. The summed E-state index contributed by atoms with van der Waals surface area (Å²) in [6.07, 6.45) is 0.552. The number of methoxy groups -OCH3 is 1. The molecule has 2 aromatic rings. The molecular weight excluding hydrogens is 380 g/mol. The van der Waals surface area contributed by atoms with E-state index in [4.69, 9.17) is 9.47 Å². The van der Waals surface area contributed by atoms with Crippen LogP contribution in [0.2, 0.25) is 0 Å². The van der Waals surface area contributed by atoms with Gasteiger partial charge in [0.25, 0.3) is 5.91 Å². The molecule has 0 fully saturated rings. The summed E-state index contributed by atoms with van der Waals surface area (Å²) in [4.78, 5) is 25.5. The van der Waals surface area contributed by atoms with E-state index in [1.165, 1.54) is 0 Å². The van der Waals surface area contributed by atoms with Crippen LogP contribution in [0.3, 0.4) is 0 Å². The lowest BCUT2D eigenvalue weighted by molar-refractivity contribution is -0.123. The van der Waals surface area contributed by atoms with Crippen molar-refractivity contribution >= 4 is 11.8 Å². The molecule has 0 radical (unpaired) electrons. The van der Waals surface area contributed by atoms with E-state index < -0.39 is 6.04 Å². The minimum absolute atomic E-state index is 0.210. The van der Waals surface area contributed by atoms with E-state index in [1.807, 2.05) is 64.1 Å². The summed E-state index contributed by atoms with van der Waals surface area (Å²) in [5.74, 6) is 1.09. The summed E-state index contributed by atoms with van der Waals surface area (Å²) < 4.78 is 10.9. The van der Waals surface area contributed by atoms with Crippen molar-refractivity contribution < 1.29 is 19.1 Å². The maximum atomic E-state index is 12.8. The molecule has 0 aliphatic heterocycles. The normalized spacial score (nSPS) is 11.7. The first-order valence-electron chi connectivity index (χ1n) is 10.3. The maximum absolute atomic E-state index is 12.8. The number of hydrogen-bond donors (Lipinski definition) is 2. The van der Waals surface area contributed by atoms with E-state index in [0.717, 1.165) is 11.1 Å². The molecule has 0 bridgehead atoms. The van der Waals surface area contributed by atoms with Crippen LogP contribution in [0.5, 0.6) is 11.5 Å². The lowest BCUT2D eigenvalue weighted by Gasteiger charge is -2.21. The number of carbonyl (C=O) groups is 2. The highest BCUT2D eigenvalue weighted by molar-refractivity contribution is 5.98. The van der Waals surface area contributed by atoms with E-state index in [-0.39, 0.29) is 17.7 Å². The minimum Gasteiger partial charge on any atom is -0.493 e. The number of benzene rings is 2. The van der Waals surface area contributed by atoms with Crippen molar-refractivity contribution in [3.63, 3.8) is 0 Å². The molecule has 30 heavy (non-hydrogen) atoms. The molecule has 0 saturated carbocycles. The molecule has 0 spiro atoms. The van der Waals surface area contributed by atoms with Gasteiger partial charge in [-0.25, -0.2) is 0 Å². The van der Waals surface area contributed by atoms with Gasteiger partial charge >= 0.3 is 0 Å². The molecule has 0 aliphatic rings. The van der Waals surface area contributed by atoms with Crippen LogP contribution in [0, 0.1) is 12.8 Å². The van der Waals surface area contributed by atoms with Gasteiger partial charge in [0.1, 0.15) is 6.04 Å². The van der Waals surface area contributed by atoms with E-state index in [0.29, 0.717) is 36.6 Å². The zero-order valence-corrected chi connectivity index (χ0v) is 18.5. The van der Waals surface area contributed by atoms with Crippen LogP contribution < -0.4 is 20.1 Å². The fraction of sp³-hybridized carbons (Fsp3) is 0.417. The predicted molar refractivity (Wildman–Crippen MR) is 118 cm³/mol. The molecular formula is C24H32N2O4. The van der Waals surface area contributed by atoms with Gasteiger partial charge < -0.3 is 20.1 Å². The number of carbonyl (C=O) groups excluding carboxylic acids is 2. The molecule has 0 aliphatic carbocycles. The molecule has 0 heterocycles. The molecule has 2 amide bonds. The van der Waals surface area contributed by atoms with Crippen LogP contribution in [-0.4, -0.2) is 31.6 Å². The second kappa shape index (κ2) is 11.2. The van der Waals surface area contributed by atoms with Gasteiger partial charge in [-0.3, -0.25) is 9.59 Å². The number of ether oxygens (including phenoxy) is 2. The Labute approximate surface area is 179 Å². The van der Waals surface area contributed by atoms with Crippen molar-refractivity contribution in [3.05, 3.63) is 59.2 Å². The largest absolute Gasteiger partial charge is 0.493 e. The van der Waals surface area contributed by atoms with Crippen LogP contribution in [-0.2, 0) is 11.3 Å². The summed E-state index contributed by atoms with van der Waals surface area (Å²) in [5, 5.41) is 5.82. The van der Waals surface area contributed by atoms with Crippen LogP contribution in [0.25, 0.3) is 0 Å². The monoisotopic (exact) mass is 412 g/mol. The fourth-order valence-corrected chi connectivity index (χ4v) is 3.18. The fourth-order valence-electron chi connectivity index (χ4n) is 3.18. The highest BCUT2D eigenvalue weighted by Gasteiger charge is 2.23. The van der Waals surface area contributed by atoms with Crippen molar-refractivity contribution in [2.45, 2.75) is 46.7 Å². The van der Waals surface area contributed by atoms with Crippen LogP contribution in [0.1, 0.15) is 48.7 Å². The molecule has 162 valence electrons. The van der Waals surface area contributed by atoms with Gasteiger partial charge in [0.2, 0.25) is 5.91 Å². The number of aryl methyl sites for hydroxylation is 1. The summed E-state index contributed by atoms with van der Waals surface area (Å²) in [6, 6.07) is 12.3. The quantitative estimate of drug-likeness (QED) is 0.621. The number of nitrogens with one attached hydrogen (secondary N) is 2. The minimum atomic E-state index is -0.610. The Morgan fingerprint density at radius 3 is 2.43 bits per heavy atom. The Kier molecular flexibility index (Phi) is 8.71. The zero-order chi connectivity index (χ0) is 22.1. The van der Waals surface area contributed by atoms with Crippen molar-refractivity contribution in [1.82, 2.24) is 10.6 Å². The van der Waals surface area contributed by atoms with Gasteiger partial charge in [-0.15, -0.1) is 0 Å². The van der Waals surface area contributed by atoms with Crippen LogP contribution >= 0.6 is 0 Å². The summed E-state index contributed by atoms with van der Waals surface area (Å²) in [7, 11) is 1.58. The topological polar surface area (TPSA) is 76.7 Å². The van der Waals surface area contributed by atoms with Crippen molar-refractivity contribution in [1.29, 1.82) is 0 Å². The number of hydrogen-bond acceptors (Lipinski definition) is 4. The van der Waals surface area contributed by atoms with Gasteiger partial charge in [0, 0.05) is 12.1 Å². The highest BCUT2D eigenvalue weighted by atomic mass is 16.5. The predicted octanol–water partition coefficient (Wildman–Crippen LogP) is 3.86. The molecule has 2 N–H and O–H groups in total. The third kappa shape index (κ3) is 6.51. The molecule has 0 saturated heterocycles. The van der Waals surface area contributed by atoms with E-state index >= 15 is 0 Å². The third-order valence-corrected chi connectivity index (χ3v) is 4.71. The first kappa shape index (κ1) is 23.3. The molecule has 1 unspecified atom stereocenters. The Hall–Kier alpha value is -3.02. The Balaban J connectivity index is 2.06. The van der Waals surface area contributed by atoms with Gasteiger partial charge in [-0.1, -0.05) is 38.1 Å². The average molecular weight is 413 g/mol. The molecule has 6 heteroatoms. The first-order valence-corrected chi connectivity index (χ1v) is 10.3. The van der Waals surface area contributed by atoms with Crippen molar-refractivity contribution in [2.24, 2.45) is 5.92 Å². The standard InChI is InChI=1S/C24H32N2O4/c1-6-30-21-12-11-18(14-22(21)29-5)15-25-24(28)20(13-16(2)3)26-23(27)19-10-8-7-9-17(19)4/h7-12,14,16,20H,6,13,15H2,1-5H3,(H,25,28)(H,26,27). The van der Waals surface area contributed by atoms with Gasteiger partial charge in [0.05, 0.1) is 13.7 Å². The van der Waals surface area contributed by atoms with Gasteiger partial charge in [-0.2, -0.15) is 0 Å². The lowest BCUT2D eigenvalue weighted by atomic mass is 10.0. The van der Waals surface area contributed by atoms with Crippen LogP contribution in [0.15, 0.2) is 42.5 Å². The molecule has 1 atom stereocenters. The van der Waals surface area contributed by atoms with E-state index in [9.17, 15) is 9.59 Å². The Morgan fingerprint density at radius 1 is 1.07 bits per heavy atom. The summed E-state index contributed by atoms with van der Waals surface area (Å²) in [5.41, 5.74) is 2.34. The second-order valence-electron chi connectivity index (χ2n) is 7.61. The summed E-state index contributed by atoms with van der Waals surface area (Å²) in [6.45, 7) is 8.72. The summed E-state index contributed by atoms with van der Waals surface area (Å²) >= 11 is 0. The molecule has 6 nitrogen and oxygen atoms in total. The second-order valence-corrected chi connectivity index (χ2v) is 7.61. The van der Waals surface area contributed by atoms with Crippen LogP contribution in [0.4, 0.5) is 0 Å². The number of amides is 2. The van der Waals surface area contributed by atoms with E-state index in [2.05, 4.69) is 10.6 Å². The first-order chi connectivity index (χ1) is 14.3. The Morgan fingerprint density at radius 2 is 1.80 bits per heavy atom. The molecule has 0 aromatic heterocycles. The van der Waals surface area contributed by atoms with Crippen molar-refractivity contribution in [2.75, 3.05) is 13.7 Å². The SMILES string of the molecule is CCOc1ccc(CNC(=O)C(CC(C)C)NC(=O)c2ccccc2C)cc1OC. The van der Waals surface area contributed by atoms with Crippen molar-refractivity contribution in [3.8, 4) is 11.5 Å².